The molecule has 0 bridgehead atoms. The van der Waals surface area contributed by atoms with Gasteiger partial charge in [-0.05, 0) is 6.08 Å². The maximum absolute atomic E-state index is 11.8. The minimum Gasteiger partial charge on any atom is -0.464 e. The monoisotopic (exact) mass is 178 g/mol. The highest BCUT2D eigenvalue weighted by Crippen LogP contribution is 2.14. The molecular weight excluding hydrogens is 170 g/mol. The lowest BCUT2D eigenvalue weighted by Crippen LogP contribution is -2.42. The molecule has 0 radical (unpaired) electrons. The number of halogens is 2. The fourth-order valence-corrected chi connectivity index (χ4v) is 0.980. The first-order chi connectivity index (χ1) is 5.61. The average Bonchev–Trinajstić information content (AvgIpc) is 2.33. The van der Waals surface area contributed by atoms with Gasteiger partial charge in [-0.15, -0.1) is 0 Å². The molecule has 1 atom stereocenters. The number of nitrogens with zero attached hydrogens (tertiary/aromatic N) is 1. The molecule has 0 aliphatic carbocycles. The Morgan fingerprint density at radius 2 is 2.42 bits per heavy atom. The Hall–Kier alpha value is -1.33. The Labute approximate surface area is 67.4 Å². The van der Waals surface area contributed by atoms with Gasteiger partial charge in [-0.1, -0.05) is 0 Å². The topological polar surface area (TPSA) is 52.6 Å². The van der Waals surface area contributed by atoms with Crippen LogP contribution in [0.5, 0.6) is 0 Å². The number of carboxylic acid groups (broad SMARTS) is 1. The van der Waals surface area contributed by atoms with Crippen molar-refractivity contribution in [1.82, 2.24) is 10.4 Å². The fraction of sp³-hybridized carbons (Fsp3) is 0.500. The van der Waals surface area contributed by atoms with Crippen molar-refractivity contribution in [1.29, 1.82) is 0 Å². The normalized spacial score (nSPS) is 21.6. The van der Waals surface area contributed by atoms with Gasteiger partial charge in [0.2, 0.25) is 6.43 Å². The van der Waals surface area contributed by atoms with Crippen molar-refractivity contribution in [2.24, 2.45) is 0 Å². The lowest BCUT2D eigenvalue weighted by Gasteiger charge is -2.20. The van der Waals surface area contributed by atoms with Gasteiger partial charge in [0.05, 0.1) is 6.04 Å². The van der Waals surface area contributed by atoms with Crippen LogP contribution in [0.3, 0.4) is 0 Å². The number of rotatable bonds is 2. The molecule has 1 heterocycles. The number of amides is 1. The van der Waals surface area contributed by atoms with E-state index in [9.17, 15) is 13.6 Å². The second kappa shape index (κ2) is 3.38. The molecule has 68 valence electrons. The standard InChI is InChI=1S/C6H8F2N2O2/c7-5(8)3-4-1-2-9-10(4)6(11)12/h1-2,4-5,9H,3H2,(H,11,12). The van der Waals surface area contributed by atoms with Crippen LogP contribution in [0.15, 0.2) is 12.3 Å². The van der Waals surface area contributed by atoms with Crippen molar-refractivity contribution in [3.8, 4) is 0 Å². The molecule has 2 N–H and O–H groups in total. The zero-order valence-corrected chi connectivity index (χ0v) is 6.08. The third-order valence-electron chi connectivity index (χ3n) is 1.49. The maximum Gasteiger partial charge on any atom is 0.426 e. The smallest absolute Gasteiger partial charge is 0.426 e. The van der Waals surface area contributed by atoms with Gasteiger partial charge < -0.3 is 10.5 Å². The van der Waals surface area contributed by atoms with E-state index in [2.05, 4.69) is 5.43 Å². The summed E-state index contributed by atoms with van der Waals surface area (Å²) in [5.74, 6) is 0. The third-order valence-corrected chi connectivity index (χ3v) is 1.49. The molecule has 6 heteroatoms. The highest BCUT2D eigenvalue weighted by atomic mass is 19.3. The van der Waals surface area contributed by atoms with Crippen molar-refractivity contribution < 1.29 is 18.7 Å². The summed E-state index contributed by atoms with van der Waals surface area (Å²) >= 11 is 0. The molecule has 1 aliphatic rings. The summed E-state index contributed by atoms with van der Waals surface area (Å²) in [5.41, 5.74) is 2.33. The third kappa shape index (κ3) is 1.84. The van der Waals surface area contributed by atoms with E-state index in [1.165, 1.54) is 12.3 Å². The first kappa shape index (κ1) is 8.76. The van der Waals surface area contributed by atoms with Gasteiger partial charge in [0.1, 0.15) is 0 Å². The zero-order valence-electron chi connectivity index (χ0n) is 6.08. The Kier molecular flexibility index (Phi) is 2.47. The predicted molar refractivity (Wildman–Crippen MR) is 36.5 cm³/mol. The van der Waals surface area contributed by atoms with Crippen molar-refractivity contribution in [3.63, 3.8) is 0 Å². The predicted octanol–water partition coefficient (Wildman–Crippen LogP) is 1.02. The highest BCUT2D eigenvalue weighted by Gasteiger charge is 2.26. The van der Waals surface area contributed by atoms with Gasteiger partial charge in [-0.2, -0.15) is 0 Å². The first-order valence-electron chi connectivity index (χ1n) is 3.34. The SMILES string of the molecule is O=C(O)N1NC=CC1CC(F)F. The second-order valence-electron chi connectivity index (χ2n) is 2.33. The van der Waals surface area contributed by atoms with E-state index in [0.29, 0.717) is 0 Å². The Balaban J connectivity index is 2.51. The largest absolute Gasteiger partial charge is 0.464 e. The van der Waals surface area contributed by atoms with Crippen molar-refractivity contribution in [2.45, 2.75) is 18.9 Å². The molecule has 12 heavy (non-hydrogen) atoms. The number of alkyl halides is 2. The Morgan fingerprint density at radius 3 is 2.92 bits per heavy atom. The number of hydrogen-bond acceptors (Lipinski definition) is 2. The van der Waals surface area contributed by atoms with Gasteiger partial charge in [-0.3, -0.25) is 0 Å². The first-order valence-corrected chi connectivity index (χ1v) is 3.34. The van der Waals surface area contributed by atoms with E-state index in [0.717, 1.165) is 5.01 Å². The van der Waals surface area contributed by atoms with Crippen LogP contribution in [-0.2, 0) is 0 Å². The minimum absolute atomic E-state index is 0.476. The van der Waals surface area contributed by atoms with Crippen molar-refractivity contribution >= 4 is 6.09 Å². The molecule has 0 aromatic heterocycles. The quantitative estimate of drug-likeness (QED) is 0.663. The van der Waals surface area contributed by atoms with E-state index >= 15 is 0 Å². The van der Waals surface area contributed by atoms with Crippen LogP contribution in [0.2, 0.25) is 0 Å². The van der Waals surface area contributed by atoms with E-state index < -0.39 is 25.0 Å². The molecule has 1 amide bonds. The van der Waals surface area contributed by atoms with Gasteiger partial charge in [0.15, 0.2) is 0 Å². The van der Waals surface area contributed by atoms with Gasteiger partial charge in [0, 0.05) is 12.6 Å². The van der Waals surface area contributed by atoms with E-state index in [4.69, 9.17) is 5.11 Å². The molecule has 0 spiro atoms. The van der Waals surface area contributed by atoms with E-state index in [1.54, 1.807) is 0 Å². The minimum atomic E-state index is -2.50. The van der Waals surface area contributed by atoms with Crippen LogP contribution in [0.1, 0.15) is 6.42 Å². The summed E-state index contributed by atoms with van der Waals surface area (Å²) in [6.07, 6.45) is -1.51. The number of hydrazine groups is 1. The van der Waals surface area contributed by atoms with Crippen molar-refractivity contribution in [2.75, 3.05) is 0 Å². The van der Waals surface area contributed by atoms with Gasteiger partial charge in [0.25, 0.3) is 0 Å². The molecule has 0 saturated heterocycles. The summed E-state index contributed by atoms with van der Waals surface area (Å²) in [6, 6.07) is -0.762. The summed E-state index contributed by atoms with van der Waals surface area (Å²) in [5, 5.41) is 9.22. The molecule has 0 aromatic carbocycles. The lowest BCUT2D eigenvalue weighted by atomic mass is 10.2. The van der Waals surface area contributed by atoms with Crippen LogP contribution in [-0.4, -0.2) is 28.7 Å². The second-order valence-corrected chi connectivity index (χ2v) is 2.33. The molecule has 1 aliphatic heterocycles. The average molecular weight is 178 g/mol. The lowest BCUT2D eigenvalue weighted by molar-refractivity contribution is 0.0821. The van der Waals surface area contributed by atoms with Gasteiger partial charge in [-0.25, -0.2) is 18.6 Å². The molecule has 1 rings (SSSR count). The molecule has 0 fully saturated rings. The Morgan fingerprint density at radius 1 is 1.75 bits per heavy atom. The van der Waals surface area contributed by atoms with Crippen LogP contribution in [0, 0.1) is 0 Å². The molecule has 4 nitrogen and oxygen atoms in total. The van der Waals surface area contributed by atoms with Crippen LogP contribution in [0.4, 0.5) is 13.6 Å². The Bertz CT molecular complexity index is 208. The number of hydrogen-bond donors (Lipinski definition) is 2. The van der Waals surface area contributed by atoms with Crippen molar-refractivity contribution in [3.05, 3.63) is 12.3 Å². The summed E-state index contributed by atoms with van der Waals surface area (Å²) in [4.78, 5) is 10.4. The van der Waals surface area contributed by atoms with E-state index in [1.807, 2.05) is 0 Å². The summed E-state index contributed by atoms with van der Waals surface area (Å²) in [6.45, 7) is 0. The molecule has 1 unspecified atom stereocenters. The van der Waals surface area contributed by atoms with Crippen LogP contribution < -0.4 is 5.43 Å². The maximum atomic E-state index is 11.8. The molecular formula is C6H8F2N2O2. The zero-order chi connectivity index (χ0) is 9.14. The summed E-state index contributed by atoms with van der Waals surface area (Å²) in [7, 11) is 0. The van der Waals surface area contributed by atoms with Crippen LogP contribution in [0.25, 0.3) is 0 Å². The molecule has 0 saturated carbocycles. The highest BCUT2D eigenvalue weighted by molar-refractivity contribution is 5.65. The number of nitrogens with one attached hydrogen (secondary N) is 1. The molecule has 0 aromatic rings. The fourth-order valence-electron chi connectivity index (χ4n) is 0.980. The number of carbonyl (C=O) groups is 1. The van der Waals surface area contributed by atoms with Gasteiger partial charge >= 0.3 is 6.09 Å². The van der Waals surface area contributed by atoms with E-state index in [-0.39, 0.29) is 0 Å². The van der Waals surface area contributed by atoms with Crippen LogP contribution >= 0.6 is 0 Å². The summed E-state index contributed by atoms with van der Waals surface area (Å²) < 4.78 is 23.7.